The Bertz CT molecular complexity index is 551. The third kappa shape index (κ3) is 4.80. The highest BCUT2D eigenvalue weighted by atomic mass is 79.9. The number of rotatable bonds is 5. The molecule has 1 heterocycles. The van der Waals surface area contributed by atoms with E-state index in [0.29, 0.717) is 30.4 Å². The Hall–Kier alpha value is -1.43. The highest BCUT2D eigenvalue weighted by molar-refractivity contribution is 9.10. The van der Waals surface area contributed by atoms with Crippen molar-refractivity contribution < 1.29 is 14.0 Å². The molecule has 0 unspecified atom stereocenters. The molecular formula is C16H20BrFN2O2. The largest absolute Gasteiger partial charge is 0.352 e. The van der Waals surface area contributed by atoms with Crippen LogP contribution in [0, 0.1) is 5.82 Å². The van der Waals surface area contributed by atoms with Crippen LogP contribution in [-0.2, 0) is 4.79 Å². The maximum atomic E-state index is 13.2. The van der Waals surface area contributed by atoms with Crippen molar-refractivity contribution in [3.63, 3.8) is 0 Å². The van der Waals surface area contributed by atoms with Crippen LogP contribution in [-0.4, -0.2) is 36.3 Å². The highest BCUT2D eigenvalue weighted by Gasteiger charge is 2.16. The first-order valence-corrected chi connectivity index (χ1v) is 8.38. The van der Waals surface area contributed by atoms with Crippen LogP contribution in [0.4, 0.5) is 4.39 Å². The molecule has 0 aliphatic carbocycles. The fourth-order valence-corrected chi connectivity index (χ4v) is 2.94. The van der Waals surface area contributed by atoms with E-state index in [1.165, 1.54) is 18.2 Å². The van der Waals surface area contributed by atoms with Gasteiger partial charge >= 0.3 is 0 Å². The fourth-order valence-electron chi connectivity index (χ4n) is 2.51. The third-order valence-electron chi connectivity index (χ3n) is 3.73. The summed E-state index contributed by atoms with van der Waals surface area (Å²) < 4.78 is 13.7. The fraction of sp³-hybridized carbons (Fsp3) is 0.500. The molecular weight excluding hydrogens is 351 g/mol. The molecule has 0 radical (unpaired) electrons. The summed E-state index contributed by atoms with van der Waals surface area (Å²) in [6.07, 6.45) is 4.45. The summed E-state index contributed by atoms with van der Waals surface area (Å²) >= 11 is 3.24. The molecule has 0 aromatic heterocycles. The standard InChI is InChI=1S/C16H20BrFN2O2/c17-14-7-6-12(18)11-13(14)16(22)19-8-4-10-20-9-3-1-2-5-15(20)21/h6-7,11H,1-5,8-10H2,(H,19,22). The van der Waals surface area contributed by atoms with E-state index in [1.54, 1.807) is 0 Å². The maximum absolute atomic E-state index is 13.2. The quantitative estimate of drug-likeness (QED) is 0.809. The van der Waals surface area contributed by atoms with Crippen LogP contribution in [0.1, 0.15) is 42.5 Å². The molecule has 1 fully saturated rings. The van der Waals surface area contributed by atoms with Gasteiger partial charge in [-0.2, -0.15) is 0 Å². The van der Waals surface area contributed by atoms with Crippen LogP contribution in [0.3, 0.4) is 0 Å². The first kappa shape index (κ1) is 16.9. The Morgan fingerprint density at radius 1 is 1.32 bits per heavy atom. The van der Waals surface area contributed by atoms with E-state index >= 15 is 0 Å². The Labute approximate surface area is 138 Å². The average molecular weight is 371 g/mol. The zero-order chi connectivity index (χ0) is 15.9. The second-order valence-electron chi connectivity index (χ2n) is 5.43. The molecule has 2 rings (SSSR count). The average Bonchev–Trinajstić information content (AvgIpc) is 2.70. The zero-order valence-corrected chi connectivity index (χ0v) is 14.0. The molecule has 1 aliphatic rings. The van der Waals surface area contributed by atoms with Gasteiger partial charge in [0.1, 0.15) is 5.82 Å². The second kappa shape index (κ2) is 8.27. The molecule has 1 saturated heterocycles. The van der Waals surface area contributed by atoms with Gasteiger partial charge in [-0.1, -0.05) is 6.42 Å². The van der Waals surface area contributed by atoms with Crippen molar-refractivity contribution in [2.45, 2.75) is 32.1 Å². The van der Waals surface area contributed by atoms with Gasteiger partial charge in [-0.25, -0.2) is 4.39 Å². The van der Waals surface area contributed by atoms with Crippen LogP contribution in [0.5, 0.6) is 0 Å². The van der Waals surface area contributed by atoms with Gasteiger partial charge in [-0.15, -0.1) is 0 Å². The number of amides is 2. The number of carbonyl (C=O) groups is 2. The van der Waals surface area contributed by atoms with E-state index in [0.717, 1.165) is 25.8 Å². The van der Waals surface area contributed by atoms with E-state index in [9.17, 15) is 14.0 Å². The number of halogens is 2. The first-order valence-electron chi connectivity index (χ1n) is 7.59. The predicted molar refractivity (Wildman–Crippen MR) is 86.1 cm³/mol. The van der Waals surface area contributed by atoms with Crippen molar-refractivity contribution in [3.05, 3.63) is 34.1 Å². The second-order valence-corrected chi connectivity index (χ2v) is 6.28. The number of carbonyl (C=O) groups excluding carboxylic acids is 2. The van der Waals surface area contributed by atoms with Gasteiger partial charge in [0, 0.05) is 30.5 Å². The van der Waals surface area contributed by atoms with Crippen LogP contribution in [0.25, 0.3) is 0 Å². The molecule has 0 spiro atoms. The summed E-state index contributed by atoms with van der Waals surface area (Å²) in [6, 6.07) is 4.02. The third-order valence-corrected chi connectivity index (χ3v) is 4.43. The lowest BCUT2D eigenvalue weighted by atomic mass is 10.2. The van der Waals surface area contributed by atoms with E-state index in [2.05, 4.69) is 21.2 Å². The molecule has 120 valence electrons. The van der Waals surface area contributed by atoms with Crippen LogP contribution in [0.15, 0.2) is 22.7 Å². The van der Waals surface area contributed by atoms with Crippen molar-refractivity contribution in [2.24, 2.45) is 0 Å². The van der Waals surface area contributed by atoms with E-state index in [1.807, 2.05) is 4.90 Å². The number of nitrogens with zero attached hydrogens (tertiary/aromatic N) is 1. The van der Waals surface area contributed by atoms with E-state index in [-0.39, 0.29) is 17.4 Å². The normalized spacial score (nSPS) is 15.5. The van der Waals surface area contributed by atoms with Gasteiger partial charge in [-0.3, -0.25) is 9.59 Å². The topological polar surface area (TPSA) is 49.4 Å². The summed E-state index contributed by atoms with van der Waals surface area (Å²) in [4.78, 5) is 25.7. The smallest absolute Gasteiger partial charge is 0.252 e. The van der Waals surface area contributed by atoms with Gasteiger partial charge < -0.3 is 10.2 Å². The van der Waals surface area contributed by atoms with Crippen LogP contribution < -0.4 is 5.32 Å². The summed E-state index contributed by atoms with van der Waals surface area (Å²) in [5, 5.41) is 2.76. The lowest BCUT2D eigenvalue weighted by Crippen LogP contribution is -2.34. The van der Waals surface area contributed by atoms with Crippen molar-refractivity contribution in [2.75, 3.05) is 19.6 Å². The minimum absolute atomic E-state index is 0.205. The van der Waals surface area contributed by atoms with Gasteiger partial charge in [-0.05, 0) is 53.4 Å². The highest BCUT2D eigenvalue weighted by Crippen LogP contribution is 2.17. The Kier molecular flexibility index (Phi) is 6.36. The van der Waals surface area contributed by atoms with E-state index in [4.69, 9.17) is 0 Å². The Morgan fingerprint density at radius 3 is 2.95 bits per heavy atom. The number of hydrogen-bond acceptors (Lipinski definition) is 2. The van der Waals surface area contributed by atoms with Crippen molar-refractivity contribution >= 4 is 27.7 Å². The molecule has 0 bridgehead atoms. The Balaban J connectivity index is 1.77. The molecule has 1 aromatic rings. The molecule has 1 N–H and O–H groups in total. The molecule has 22 heavy (non-hydrogen) atoms. The molecule has 2 amide bonds. The minimum atomic E-state index is -0.441. The Morgan fingerprint density at radius 2 is 2.14 bits per heavy atom. The number of hydrogen-bond donors (Lipinski definition) is 1. The van der Waals surface area contributed by atoms with Gasteiger partial charge in [0.25, 0.3) is 5.91 Å². The molecule has 4 nitrogen and oxygen atoms in total. The minimum Gasteiger partial charge on any atom is -0.352 e. The van der Waals surface area contributed by atoms with Crippen molar-refractivity contribution in [1.29, 1.82) is 0 Å². The predicted octanol–water partition coefficient (Wildman–Crippen LogP) is 3.11. The summed E-state index contributed by atoms with van der Waals surface area (Å²) in [7, 11) is 0. The number of nitrogens with one attached hydrogen (secondary N) is 1. The lowest BCUT2D eigenvalue weighted by molar-refractivity contribution is -0.130. The van der Waals surface area contributed by atoms with Gasteiger partial charge in [0.2, 0.25) is 5.91 Å². The van der Waals surface area contributed by atoms with Gasteiger partial charge in [0.05, 0.1) is 5.56 Å². The molecule has 6 heteroatoms. The summed E-state index contributed by atoms with van der Waals surface area (Å²) in [5.74, 6) is -0.547. The van der Waals surface area contributed by atoms with Crippen LogP contribution in [0.2, 0.25) is 0 Å². The molecule has 1 aromatic carbocycles. The van der Waals surface area contributed by atoms with E-state index < -0.39 is 5.82 Å². The summed E-state index contributed by atoms with van der Waals surface area (Å²) in [6.45, 7) is 1.93. The van der Waals surface area contributed by atoms with Gasteiger partial charge in [0.15, 0.2) is 0 Å². The summed E-state index contributed by atoms with van der Waals surface area (Å²) in [5.41, 5.74) is 0.283. The zero-order valence-electron chi connectivity index (χ0n) is 12.4. The molecule has 1 aliphatic heterocycles. The SMILES string of the molecule is O=C(NCCCN1CCCCCC1=O)c1cc(F)ccc1Br. The number of likely N-dealkylation sites (tertiary alicyclic amines) is 1. The first-order chi connectivity index (χ1) is 10.6. The maximum Gasteiger partial charge on any atom is 0.252 e. The van der Waals surface area contributed by atoms with Crippen molar-refractivity contribution in [3.8, 4) is 0 Å². The number of benzene rings is 1. The lowest BCUT2D eigenvalue weighted by Gasteiger charge is -2.20. The van der Waals surface area contributed by atoms with Crippen LogP contribution >= 0.6 is 15.9 Å². The molecule has 0 atom stereocenters. The monoisotopic (exact) mass is 370 g/mol. The van der Waals surface area contributed by atoms with Crippen molar-refractivity contribution in [1.82, 2.24) is 10.2 Å². The molecule has 0 saturated carbocycles.